The van der Waals surface area contributed by atoms with E-state index in [0.717, 1.165) is 29.5 Å². The molecule has 1 aromatic carbocycles. The third kappa shape index (κ3) is 8.60. The highest BCUT2D eigenvalue weighted by Gasteiger charge is 2.26. The lowest BCUT2D eigenvalue weighted by molar-refractivity contribution is -0.148. The van der Waals surface area contributed by atoms with Crippen molar-refractivity contribution in [3.63, 3.8) is 0 Å². The number of likely N-dealkylation sites (tertiary alicyclic amines) is 1. The number of nitrogens with zero attached hydrogens (tertiary/aromatic N) is 3. The Balaban J connectivity index is 0.000000451. The molecule has 3 rings (SSSR count). The zero-order valence-corrected chi connectivity index (χ0v) is 20.5. The number of piperidine rings is 1. The number of alkyl halides is 1. The largest absolute Gasteiger partial charge is 0.486 e. The molecule has 10 heteroatoms. The molecule has 1 unspecified atom stereocenters. The number of halogens is 2. The number of benzene rings is 1. The van der Waals surface area contributed by atoms with E-state index >= 15 is 0 Å². The number of aromatic amines is 1. The van der Waals surface area contributed by atoms with E-state index in [0.29, 0.717) is 23.7 Å². The normalized spacial score (nSPS) is 19.2. The Bertz CT molecular complexity index is 848. The number of hydrogen-bond acceptors (Lipinski definition) is 6. The summed E-state index contributed by atoms with van der Waals surface area (Å²) < 4.78 is 17.6. The second kappa shape index (κ2) is 12.4. The first kappa shape index (κ1) is 26.4. The maximum absolute atomic E-state index is 11.9. The fourth-order valence-electron chi connectivity index (χ4n) is 3.21. The van der Waals surface area contributed by atoms with Crippen LogP contribution in [0.4, 0.5) is 4.39 Å². The van der Waals surface area contributed by atoms with Crippen LogP contribution in [0.5, 0.6) is 5.75 Å². The van der Waals surface area contributed by atoms with Crippen LogP contribution in [-0.4, -0.2) is 61.7 Å². The fourth-order valence-corrected chi connectivity index (χ4v) is 4.73. The van der Waals surface area contributed by atoms with Gasteiger partial charge in [0.05, 0.1) is 5.02 Å². The minimum atomic E-state index is -2.08. The van der Waals surface area contributed by atoms with Gasteiger partial charge < -0.3 is 14.7 Å². The Morgan fingerprint density at radius 2 is 2.19 bits per heavy atom. The first-order valence-electron chi connectivity index (χ1n) is 10.7. The summed E-state index contributed by atoms with van der Waals surface area (Å²) in [7, 11) is 2.24. The zero-order valence-electron chi connectivity index (χ0n) is 19.0. The molecule has 7 nitrogen and oxygen atoms in total. The predicted octanol–water partition coefficient (Wildman–Crippen LogP) is 5.21. The summed E-state index contributed by atoms with van der Waals surface area (Å²) in [6.45, 7) is 5.78. The minimum absolute atomic E-state index is 0.358. The SMILES string of the molecule is CC(C)(F)C(=O)O.CCCC1C[C@@H](Sc2ccc(OCc3ncn[nH]3)cc2Cl)CCN1C. The number of thioether (sulfide) groups is 1. The van der Waals surface area contributed by atoms with Gasteiger partial charge in [-0.15, -0.1) is 11.8 Å². The topological polar surface area (TPSA) is 91.3 Å². The van der Waals surface area contributed by atoms with Crippen LogP contribution < -0.4 is 4.74 Å². The molecule has 2 aromatic rings. The number of rotatable bonds is 8. The molecule has 1 aromatic heterocycles. The van der Waals surface area contributed by atoms with Crippen LogP contribution in [0, 0.1) is 0 Å². The molecule has 32 heavy (non-hydrogen) atoms. The molecule has 1 aliphatic rings. The highest BCUT2D eigenvalue weighted by atomic mass is 35.5. The molecule has 0 spiro atoms. The number of ether oxygens (including phenoxy) is 1. The molecule has 2 N–H and O–H groups in total. The summed E-state index contributed by atoms with van der Waals surface area (Å²) in [5.41, 5.74) is -2.08. The van der Waals surface area contributed by atoms with Gasteiger partial charge in [0.1, 0.15) is 18.7 Å². The van der Waals surface area contributed by atoms with Crippen LogP contribution in [0.2, 0.25) is 5.02 Å². The average Bonchev–Trinajstić information content (AvgIpc) is 3.24. The van der Waals surface area contributed by atoms with Crippen molar-refractivity contribution in [1.82, 2.24) is 20.1 Å². The third-order valence-electron chi connectivity index (χ3n) is 5.13. The van der Waals surface area contributed by atoms with E-state index in [9.17, 15) is 9.18 Å². The first-order chi connectivity index (χ1) is 15.1. The number of carbonyl (C=O) groups is 1. The van der Waals surface area contributed by atoms with Crippen LogP contribution >= 0.6 is 23.4 Å². The molecule has 0 bridgehead atoms. The van der Waals surface area contributed by atoms with Crippen molar-refractivity contribution in [2.45, 2.75) is 74.9 Å². The highest BCUT2D eigenvalue weighted by molar-refractivity contribution is 8.00. The quantitative estimate of drug-likeness (QED) is 0.529. The molecular weight excluding hydrogens is 455 g/mol. The van der Waals surface area contributed by atoms with Gasteiger partial charge >= 0.3 is 5.97 Å². The smallest absolute Gasteiger partial charge is 0.340 e. The Morgan fingerprint density at radius 1 is 1.47 bits per heavy atom. The van der Waals surface area contributed by atoms with Crippen LogP contribution in [0.3, 0.4) is 0 Å². The molecular formula is C22H32ClFN4O3S. The summed E-state index contributed by atoms with van der Waals surface area (Å²) in [4.78, 5) is 17.3. The highest BCUT2D eigenvalue weighted by Crippen LogP contribution is 2.38. The molecule has 0 amide bonds. The van der Waals surface area contributed by atoms with Gasteiger partial charge in [0.2, 0.25) is 5.67 Å². The summed E-state index contributed by atoms with van der Waals surface area (Å²) in [6.07, 6.45) is 6.43. The Kier molecular flexibility index (Phi) is 10.2. The molecule has 0 saturated carbocycles. The number of carboxylic acid groups (broad SMARTS) is 1. The predicted molar refractivity (Wildman–Crippen MR) is 125 cm³/mol. The Morgan fingerprint density at radius 3 is 2.75 bits per heavy atom. The van der Waals surface area contributed by atoms with Crippen molar-refractivity contribution >= 4 is 29.3 Å². The molecule has 1 fully saturated rings. The van der Waals surface area contributed by atoms with E-state index in [4.69, 9.17) is 21.4 Å². The Labute approximate surface area is 198 Å². The zero-order chi connectivity index (χ0) is 23.7. The van der Waals surface area contributed by atoms with Crippen molar-refractivity contribution in [2.75, 3.05) is 13.6 Å². The van der Waals surface area contributed by atoms with Gasteiger partial charge in [-0.1, -0.05) is 24.9 Å². The maximum atomic E-state index is 11.9. The lowest BCUT2D eigenvalue weighted by Crippen LogP contribution is -2.40. The van der Waals surface area contributed by atoms with E-state index in [1.165, 1.54) is 38.6 Å². The van der Waals surface area contributed by atoms with Gasteiger partial charge in [-0.2, -0.15) is 5.10 Å². The number of aliphatic carboxylic acids is 1. The van der Waals surface area contributed by atoms with Crippen molar-refractivity contribution in [3.05, 3.63) is 35.4 Å². The van der Waals surface area contributed by atoms with Crippen molar-refractivity contribution < 1.29 is 19.0 Å². The average molecular weight is 487 g/mol. The molecule has 0 radical (unpaired) electrons. The van der Waals surface area contributed by atoms with Gasteiger partial charge in [0.15, 0.2) is 5.82 Å². The van der Waals surface area contributed by atoms with E-state index < -0.39 is 11.6 Å². The molecule has 178 valence electrons. The van der Waals surface area contributed by atoms with Crippen molar-refractivity contribution in [2.24, 2.45) is 0 Å². The monoisotopic (exact) mass is 486 g/mol. The van der Waals surface area contributed by atoms with Gasteiger partial charge in [0, 0.05) is 16.2 Å². The van der Waals surface area contributed by atoms with Crippen LogP contribution in [0.15, 0.2) is 29.4 Å². The van der Waals surface area contributed by atoms with E-state index in [2.05, 4.69) is 40.1 Å². The molecule has 2 atom stereocenters. The summed E-state index contributed by atoms with van der Waals surface area (Å²) in [5, 5.41) is 15.8. The van der Waals surface area contributed by atoms with Gasteiger partial charge in [-0.25, -0.2) is 14.2 Å². The molecule has 1 aliphatic heterocycles. The molecule has 1 saturated heterocycles. The van der Waals surface area contributed by atoms with Crippen molar-refractivity contribution in [1.29, 1.82) is 0 Å². The van der Waals surface area contributed by atoms with Crippen LogP contribution in [0.25, 0.3) is 0 Å². The van der Waals surface area contributed by atoms with Crippen molar-refractivity contribution in [3.8, 4) is 5.75 Å². The molecule has 0 aliphatic carbocycles. The number of hydrogen-bond donors (Lipinski definition) is 2. The maximum Gasteiger partial charge on any atom is 0.340 e. The van der Waals surface area contributed by atoms with Crippen LogP contribution in [0.1, 0.15) is 52.3 Å². The Hall–Kier alpha value is -1.84. The number of H-pyrrole nitrogens is 1. The fraction of sp³-hybridized carbons (Fsp3) is 0.591. The first-order valence-corrected chi connectivity index (χ1v) is 11.9. The number of carboxylic acids is 1. The number of aromatic nitrogens is 3. The lowest BCUT2D eigenvalue weighted by atomic mass is 9.99. The number of nitrogens with one attached hydrogen (secondary N) is 1. The summed E-state index contributed by atoms with van der Waals surface area (Å²) in [6, 6.07) is 6.62. The van der Waals surface area contributed by atoms with Crippen LogP contribution in [-0.2, 0) is 11.4 Å². The summed E-state index contributed by atoms with van der Waals surface area (Å²) >= 11 is 8.39. The molecule has 2 heterocycles. The standard InChI is InChI=1S/C18H25ClN4OS.C4H7FO2/c1-3-4-13-9-15(7-8-23(13)2)25-17-6-5-14(10-16(17)19)24-11-18-20-12-21-22-18;1-4(2,5)3(6)7/h5-6,10,12-13,15H,3-4,7-9,11H2,1-2H3,(H,20,21,22);1-2H3,(H,6,7)/t13?,15-;/m0./s1. The van der Waals surface area contributed by atoms with E-state index in [1.807, 2.05) is 23.9 Å². The lowest BCUT2D eigenvalue weighted by Gasteiger charge is -2.37. The summed E-state index contributed by atoms with van der Waals surface area (Å²) in [5.74, 6) is 0.0216. The van der Waals surface area contributed by atoms with Gasteiger partial charge in [-0.05, 0) is 64.9 Å². The minimum Gasteiger partial charge on any atom is -0.486 e. The second-order valence-electron chi connectivity index (χ2n) is 8.28. The third-order valence-corrected chi connectivity index (χ3v) is 6.93. The van der Waals surface area contributed by atoms with E-state index in [1.54, 1.807) is 0 Å². The van der Waals surface area contributed by atoms with Gasteiger partial charge in [0.25, 0.3) is 0 Å². The second-order valence-corrected chi connectivity index (χ2v) is 10.0. The van der Waals surface area contributed by atoms with E-state index in [-0.39, 0.29) is 0 Å². The van der Waals surface area contributed by atoms with Gasteiger partial charge in [-0.3, -0.25) is 5.10 Å².